The lowest BCUT2D eigenvalue weighted by atomic mass is 10.0. The molecule has 1 saturated carbocycles. The minimum atomic E-state index is -1.32. The zero-order valence-electron chi connectivity index (χ0n) is 23.3. The molecule has 1 aliphatic carbocycles. The molecule has 220 valence electrons. The van der Waals surface area contributed by atoms with Gasteiger partial charge in [-0.15, -0.1) is 0 Å². The summed E-state index contributed by atoms with van der Waals surface area (Å²) < 4.78 is 33.8. The number of amides is 4. The molecule has 2 aliphatic rings. The third kappa shape index (κ3) is 6.65. The van der Waals surface area contributed by atoms with Crippen molar-refractivity contribution in [3.05, 3.63) is 72.4 Å². The number of pyridine rings is 1. The smallest absolute Gasteiger partial charge is 0.323 e. The standard InChI is InChI=1S/C30H32F2N6O4/c1-37(2)21-10-15-38(16-11-21)29(41)36-26-18-23(9-14-33-26)42-22-7-8-25(24(32)17-22)35-28(40)30(12-13-30)27(39)34-20-5-3-19(31)4-6-20/h3-9,14,17-18,21H,10-13,15-16H2,1-2H3,(H,34,39)(H,35,40)(H,33,36,41). The number of piperidine rings is 1. The fourth-order valence-electron chi connectivity index (χ4n) is 4.82. The van der Waals surface area contributed by atoms with E-state index in [0.29, 0.717) is 49.2 Å². The van der Waals surface area contributed by atoms with Gasteiger partial charge < -0.3 is 25.2 Å². The topological polar surface area (TPSA) is 116 Å². The van der Waals surface area contributed by atoms with Crippen LogP contribution in [0.5, 0.6) is 11.5 Å². The molecule has 2 heterocycles. The SMILES string of the molecule is CN(C)C1CCN(C(=O)Nc2cc(Oc3ccc(NC(=O)C4(C(=O)Nc5ccc(F)cc5)CC4)c(F)c3)ccn2)CC1. The third-order valence-corrected chi connectivity index (χ3v) is 7.59. The normalized spacial score (nSPS) is 16.1. The van der Waals surface area contributed by atoms with Crippen molar-refractivity contribution in [3.63, 3.8) is 0 Å². The summed E-state index contributed by atoms with van der Waals surface area (Å²) in [6.45, 7) is 1.29. The van der Waals surface area contributed by atoms with Crippen molar-refractivity contribution in [1.82, 2.24) is 14.8 Å². The van der Waals surface area contributed by atoms with E-state index in [2.05, 4.69) is 25.8 Å². The highest BCUT2D eigenvalue weighted by atomic mass is 19.1. The summed E-state index contributed by atoms with van der Waals surface area (Å²) in [5, 5.41) is 7.89. The van der Waals surface area contributed by atoms with Crippen LogP contribution in [0.4, 0.5) is 30.8 Å². The number of nitrogens with zero attached hydrogens (tertiary/aromatic N) is 3. The van der Waals surface area contributed by atoms with Gasteiger partial charge in [0.1, 0.15) is 34.4 Å². The van der Waals surface area contributed by atoms with Crippen LogP contribution in [-0.4, -0.2) is 65.9 Å². The predicted octanol–water partition coefficient (Wildman–Crippen LogP) is 5.07. The van der Waals surface area contributed by atoms with Crippen molar-refractivity contribution in [2.24, 2.45) is 5.41 Å². The molecule has 0 radical (unpaired) electrons. The van der Waals surface area contributed by atoms with E-state index in [1.807, 2.05) is 14.1 Å². The molecule has 0 bridgehead atoms. The maximum atomic E-state index is 14.9. The first kappa shape index (κ1) is 28.9. The molecule has 5 rings (SSSR count). The van der Waals surface area contributed by atoms with E-state index >= 15 is 0 Å². The summed E-state index contributed by atoms with van der Waals surface area (Å²) in [5.41, 5.74) is -1.07. The lowest BCUT2D eigenvalue weighted by Gasteiger charge is -2.35. The number of rotatable bonds is 8. The number of halogens is 2. The minimum Gasteiger partial charge on any atom is -0.457 e. The van der Waals surface area contributed by atoms with E-state index in [0.717, 1.165) is 18.9 Å². The van der Waals surface area contributed by atoms with Gasteiger partial charge in [-0.05, 0) is 82.2 Å². The van der Waals surface area contributed by atoms with Gasteiger partial charge in [0, 0.05) is 43.1 Å². The summed E-state index contributed by atoms with van der Waals surface area (Å²) in [5.74, 6) is -1.57. The highest BCUT2D eigenvalue weighted by molar-refractivity contribution is 6.16. The summed E-state index contributed by atoms with van der Waals surface area (Å²) in [6.07, 6.45) is 3.88. The van der Waals surface area contributed by atoms with Crippen molar-refractivity contribution in [1.29, 1.82) is 0 Å². The molecule has 1 aromatic heterocycles. The molecule has 12 heteroatoms. The first-order chi connectivity index (χ1) is 20.1. The van der Waals surface area contributed by atoms with E-state index in [4.69, 9.17) is 4.74 Å². The van der Waals surface area contributed by atoms with Gasteiger partial charge in [-0.25, -0.2) is 18.6 Å². The Morgan fingerprint density at radius 1 is 0.905 bits per heavy atom. The molecular weight excluding hydrogens is 546 g/mol. The van der Waals surface area contributed by atoms with Crippen LogP contribution < -0.4 is 20.7 Å². The largest absolute Gasteiger partial charge is 0.457 e. The number of hydrogen-bond donors (Lipinski definition) is 3. The van der Waals surface area contributed by atoms with Crippen LogP contribution in [0.15, 0.2) is 60.8 Å². The van der Waals surface area contributed by atoms with Crippen LogP contribution in [0.1, 0.15) is 25.7 Å². The second-order valence-electron chi connectivity index (χ2n) is 10.7. The van der Waals surface area contributed by atoms with E-state index in [-0.39, 0.29) is 17.5 Å². The lowest BCUT2D eigenvalue weighted by molar-refractivity contribution is -0.131. The molecule has 0 unspecified atom stereocenters. The Morgan fingerprint density at radius 2 is 1.57 bits per heavy atom. The Morgan fingerprint density at radius 3 is 2.21 bits per heavy atom. The summed E-state index contributed by atoms with van der Waals surface area (Å²) in [6, 6.07) is 12.4. The van der Waals surface area contributed by atoms with E-state index in [9.17, 15) is 23.2 Å². The molecule has 1 saturated heterocycles. The Kier molecular flexibility index (Phi) is 8.34. The lowest BCUT2D eigenvalue weighted by Crippen LogP contribution is -2.46. The average Bonchev–Trinajstić information content (AvgIpc) is 3.78. The van der Waals surface area contributed by atoms with Crippen molar-refractivity contribution >= 4 is 35.0 Å². The zero-order valence-corrected chi connectivity index (χ0v) is 23.3. The Hall–Kier alpha value is -4.58. The second kappa shape index (κ2) is 12.1. The number of likely N-dealkylation sites (tertiary alicyclic amines) is 1. The molecule has 10 nitrogen and oxygen atoms in total. The Bertz CT molecular complexity index is 1470. The summed E-state index contributed by atoms with van der Waals surface area (Å²) in [4.78, 5) is 46.5. The molecule has 2 aromatic carbocycles. The zero-order chi connectivity index (χ0) is 29.9. The number of ether oxygens (including phenoxy) is 1. The number of carbonyl (C=O) groups is 3. The summed E-state index contributed by atoms with van der Waals surface area (Å²) >= 11 is 0. The fraction of sp³-hybridized carbons (Fsp3) is 0.333. The minimum absolute atomic E-state index is 0.103. The van der Waals surface area contributed by atoms with E-state index < -0.39 is 28.9 Å². The first-order valence-electron chi connectivity index (χ1n) is 13.7. The molecule has 42 heavy (non-hydrogen) atoms. The monoisotopic (exact) mass is 578 g/mol. The average molecular weight is 579 g/mol. The number of urea groups is 1. The van der Waals surface area contributed by atoms with Crippen LogP contribution in [0, 0.1) is 17.0 Å². The molecular formula is C30H32F2N6O4. The van der Waals surface area contributed by atoms with Crippen LogP contribution in [0.2, 0.25) is 0 Å². The van der Waals surface area contributed by atoms with Crippen molar-refractivity contribution in [2.75, 3.05) is 43.1 Å². The molecule has 3 aromatic rings. The van der Waals surface area contributed by atoms with Crippen LogP contribution in [0.25, 0.3) is 0 Å². The van der Waals surface area contributed by atoms with Gasteiger partial charge in [-0.3, -0.25) is 14.9 Å². The van der Waals surface area contributed by atoms with Gasteiger partial charge in [0.2, 0.25) is 11.8 Å². The number of benzene rings is 2. The highest BCUT2D eigenvalue weighted by Gasteiger charge is 2.56. The Labute approximate surface area is 242 Å². The van der Waals surface area contributed by atoms with Crippen LogP contribution >= 0.6 is 0 Å². The maximum absolute atomic E-state index is 14.9. The second-order valence-corrected chi connectivity index (χ2v) is 10.7. The van der Waals surface area contributed by atoms with Gasteiger partial charge in [0.05, 0.1) is 5.69 Å². The molecule has 1 aliphatic heterocycles. The maximum Gasteiger partial charge on any atom is 0.323 e. The van der Waals surface area contributed by atoms with Crippen molar-refractivity contribution in [3.8, 4) is 11.5 Å². The Balaban J connectivity index is 1.17. The van der Waals surface area contributed by atoms with Gasteiger partial charge in [-0.2, -0.15) is 0 Å². The van der Waals surface area contributed by atoms with Crippen LogP contribution in [-0.2, 0) is 9.59 Å². The molecule has 0 spiro atoms. The molecule has 4 amide bonds. The molecule has 3 N–H and O–H groups in total. The third-order valence-electron chi connectivity index (χ3n) is 7.59. The number of carbonyl (C=O) groups excluding carboxylic acids is 3. The quantitative estimate of drug-likeness (QED) is 0.322. The van der Waals surface area contributed by atoms with Crippen molar-refractivity contribution < 1.29 is 27.9 Å². The van der Waals surface area contributed by atoms with Crippen molar-refractivity contribution in [2.45, 2.75) is 31.7 Å². The van der Waals surface area contributed by atoms with Crippen LogP contribution in [0.3, 0.4) is 0 Å². The van der Waals surface area contributed by atoms with E-state index in [1.54, 1.807) is 11.0 Å². The highest BCUT2D eigenvalue weighted by Crippen LogP contribution is 2.47. The van der Waals surface area contributed by atoms with Gasteiger partial charge in [-0.1, -0.05) is 0 Å². The number of nitrogens with one attached hydrogen (secondary N) is 3. The molecule has 2 fully saturated rings. The predicted molar refractivity (Wildman–Crippen MR) is 153 cm³/mol. The molecule has 0 atom stereocenters. The number of hydrogen-bond acceptors (Lipinski definition) is 6. The van der Waals surface area contributed by atoms with Gasteiger partial charge in [0.15, 0.2) is 0 Å². The fourth-order valence-corrected chi connectivity index (χ4v) is 4.82. The number of anilines is 3. The van der Waals surface area contributed by atoms with Gasteiger partial charge >= 0.3 is 6.03 Å². The summed E-state index contributed by atoms with van der Waals surface area (Å²) in [7, 11) is 4.07. The number of aromatic nitrogens is 1. The first-order valence-corrected chi connectivity index (χ1v) is 13.7. The van der Waals surface area contributed by atoms with Gasteiger partial charge in [0.25, 0.3) is 0 Å². The van der Waals surface area contributed by atoms with E-state index in [1.165, 1.54) is 48.7 Å².